The Hall–Kier alpha value is -1.34. The molecule has 2 rings (SSSR count). The van der Waals surface area contributed by atoms with Crippen molar-refractivity contribution in [2.75, 3.05) is 0 Å². The molecule has 0 saturated heterocycles. The molecule has 3 N–H and O–H groups in total. The summed E-state index contributed by atoms with van der Waals surface area (Å²) >= 11 is 3.22. The summed E-state index contributed by atoms with van der Waals surface area (Å²) in [6.45, 7) is 0. The first-order valence-corrected chi connectivity index (χ1v) is 6.27. The highest BCUT2D eigenvalue weighted by molar-refractivity contribution is 9.10. The van der Waals surface area contributed by atoms with E-state index >= 15 is 0 Å². The van der Waals surface area contributed by atoms with E-state index < -0.39 is 17.8 Å². The molecule has 0 amide bonds. The SMILES string of the molecule is NC(Cc1ncc[nH]1)c1cc(C(F)(F)F)ccc1Br. The number of nitrogens with two attached hydrogens (primary N) is 1. The Morgan fingerprint density at radius 1 is 1.37 bits per heavy atom. The van der Waals surface area contributed by atoms with Gasteiger partial charge in [-0.3, -0.25) is 0 Å². The average molecular weight is 334 g/mol. The summed E-state index contributed by atoms with van der Waals surface area (Å²) in [6, 6.07) is 2.88. The molecule has 0 aliphatic heterocycles. The first-order chi connectivity index (χ1) is 8.88. The third-order valence-corrected chi connectivity index (χ3v) is 3.41. The average Bonchev–Trinajstić information content (AvgIpc) is 2.80. The lowest BCUT2D eigenvalue weighted by Gasteiger charge is -2.15. The number of rotatable bonds is 3. The van der Waals surface area contributed by atoms with Crippen LogP contribution in [0.4, 0.5) is 13.2 Å². The highest BCUT2D eigenvalue weighted by Gasteiger charge is 2.31. The molecule has 0 aliphatic carbocycles. The second-order valence-electron chi connectivity index (χ2n) is 4.08. The van der Waals surface area contributed by atoms with Gasteiger partial charge in [0.1, 0.15) is 5.82 Å². The van der Waals surface area contributed by atoms with Crippen molar-refractivity contribution in [1.29, 1.82) is 0 Å². The maximum absolute atomic E-state index is 12.7. The van der Waals surface area contributed by atoms with E-state index in [1.54, 1.807) is 12.4 Å². The number of H-pyrrole nitrogens is 1. The van der Waals surface area contributed by atoms with Crippen molar-refractivity contribution in [2.24, 2.45) is 5.73 Å². The fourth-order valence-electron chi connectivity index (χ4n) is 1.73. The Bertz CT molecular complexity index is 552. The molecule has 19 heavy (non-hydrogen) atoms. The minimum absolute atomic E-state index is 0.340. The summed E-state index contributed by atoms with van der Waals surface area (Å²) in [7, 11) is 0. The Balaban J connectivity index is 2.28. The molecule has 7 heteroatoms. The number of aromatic nitrogens is 2. The molecular formula is C12H11BrF3N3. The van der Waals surface area contributed by atoms with E-state index in [0.717, 1.165) is 12.1 Å². The highest BCUT2D eigenvalue weighted by Crippen LogP contribution is 2.33. The fraction of sp³-hybridized carbons (Fsp3) is 0.250. The van der Waals surface area contributed by atoms with Crippen LogP contribution in [-0.4, -0.2) is 9.97 Å². The number of aromatic amines is 1. The zero-order chi connectivity index (χ0) is 14.0. The number of alkyl halides is 3. The predicted octanol–water partition coefficient (Wildman–Crippen LogP) is 3.43. The van der Waals surface area contributed by atoms with E-state index in [-0.39, 0.29) is 0 Å². The van der Waals surface area contributed by atoms with Crippen LogP contribution in [0.25, 0.3) is 0 Å². The normalized spacial score (nSPS) is 13.5. The summed E-state index contributed by atoms with van der Waals surface area (Å²) < 4.78 is 38.6. The van der Waals surface area contributed by atoms with Gasteiger partial charge in [-0.05, 0) is 23.8 Å². The standard InChI is InChI=1S/C12H11BrF3N3/c13-9-2-1-7(12(14,15)16)5-8(9)10(17)6-11-18-3-4-19-11/h1-5,10H,6,17H2,(H,18,19). The molecule has 0 fully saturated rings. The maximum atomic E-state index is 12.7. The van der Waals surface area contributed by atoms with Gasteiger partial charge in [-0.15, -0.1) is 0 Å². The lowest BCUT2D eigenvalue weighted by Crippen LogP contribution is -2.16. The molecule has 1 aromatic heterocycles. The first-order valence-electron chi connectivity index (χ1n) is 5.48. The van der Waals surface area contributed by atoms with Crippen LogP contribution in [0.2, 0.25) is 0 Å². The third-order valence-electron chi connectivity index (χ3n) is 2.69. The van der Waals surface area contributed by atoms with Crippen molar-refractivity contribution in [3.8, 4) is 0 Å². The third kappa shape index (κ3) is 3.36. The van der Waals surface area contributed by atoms with Crippen LogP contribution in [0, 0.1) is 0 Å². The lowest BCUT2D eigenvalue weighted by atomic mass is 10.0. The van der Waals surface area contributed by atoms with E-state index in [4.69, 9.17) is 5.73 Å². The topological polar surface area (TPSA) is 54.7 Å². The Labute approximate surface area is 116 Å². The molecule has 1 atom stereocenters. The van der Waals surface area contributed by atoms with Crippen LogP contribution in [-0.2, 0) is 12.6 Å². The van der Waals surface area contributed by atoms with Gasteiger partial charge in [0.25, 0.3) is 0 Å². The molecule has 1 aromatic carbocycles. The van der Waals surface area contributed by atoms with E-state index in [1.807, 2.05) is 0 Å². The molecule has 102 valence electrons. The van der Waals surface area contributed by atoms with Gasteiger partial charge < -0.3 is 10.7 Å². The van der Waals surface area contributed by atoms with Crippen LogP contribution < -0.4 is 5.73 Å². The van der Waals surface area contributed by atoms with E-state index in [9.17, 15) is 13.2 Å². The maximum Gasteiger partial charge on any atom is 0.416 e. The quantitative estimate of drug-likeness (QED) is 0.904. The van der Waals surface area contributed by atoms with Gasteiger partial charge in [0.15, 0.2) is 0 Å². The lowest BCUT2D eigenvalue weighted by molar-refractivity contribution is -0.137. The first kappa shape index (κ1) is 14.1. The molecule has 0 aliphatic rings. The molecule has 0 bridgehead atoms. The molecule has 1 heterocycles. The molecule has 2 aromatic rings. The second-order valence-corrected chi connectivity index (χ2v) is 4.93. The van der Waals surface area contributed by atoms with Crippen molar-refractivity contribution >= 4 is 15.9 Å². The summed E-state index contributed by atoms with van der Waals surface area (Å²) in [4.78, 5) is 6.88. The zero-order valence-corrected chi connectivity index (χ0v) is 11.3. The Morgan fingerprint density at radius 3 is 2.68 bits per heavy atom. The number of imidazole rings is 1. The number of hydrogen-bond donors (Lipinski definition) is 2. The fourth-order valence-corrected chi connectivity index (χ4v) is 2.27. The molecule has 3 nitrogen and oxygen atoms in total. The van der Waals surface area contributed by atoms with Crippen molar-refractivity contribution < 1.29 is 13.2 Å². The Kier molecular flexibility index (Phi) is 3.96. The molecule has 0 spiro atoms. The van der Waals surface area contributed by atoms with Crippen molar-refractivity contribution in [3.05, 3.63) is 52.0 Å². The van der Waals surface area contributed by atoms with E-state index in [2.05, 4.69) is 25.9 Å². The summed E-state index contributed by atoms with van der Waals surface area (Å²) in [6.07, 6.45) is -0.820. The van der Waals surface area contributed by atoms with Gasteiger partial charge >= 0.3 is 6.18 Å². The minimum Gasteiger partial charge on any atom is -0.349 e. The minimum atomic E-state index is -4.38. The van der Waals surface area contributed by atoms with Gasteiger partial charge in [0.05, 0.1) is 5.56 Å². The van der Waals surface area contributed by atoms with Crippen molar-refractivity contribution in [2.45, 2.75) is 18.6 Å². The van der Waals surface area contributed by atoms with Gasteiger partial charge in [-0.1, -0.05) is 15.9 Å². The van der Waals surface area contributed by atoms with E-state index in [0.29, 0.717) is 22.3 Å². The molecule has 1 unspecified atom stereocenters. The molecule has 0 saturated carbocycles. The summed E-state index contributed by atoms with van der Waals surface area (Å²) in [5.74, 6) is 0.636. The van der Waals surface area contributed by atoms with Gasteiger partial charge in [0, 0.05) is 29.3 Å². The van der Waals surface area contributed by atoms with Crippen LogP contribution in [0.15, 0.2) is 35.1 Å². The number of hydrogen-bond acceptors (Lipinski definition) is 2. The van der Waals surface area contributed by atoms with Crippen molar-refractivity contribution in [1.82, 2.24) is 9.97 Å². The van der Waals surface area contributed by atoms with Gasteiger partial charge in [-0.2, -0.15) is 13.2 Å². The van der Waals surface area contributed by atoms with Crippen LogP contribution in [0.1, 0.15) is 23.0 Å². The van der Waals surface area contributed by atoms with Gasteiger partial charge in [0.2, 0.25) is 0 Å². The monoisotopic (exact) mass is 333 g/mol. The van der Waals surface area contributed by atoms with Gasteiger partial charge in [-0.25, -0.2) is 4.98 Å². The van der Waals surface area contributed by atoms with Crippen LogP contribution >= 0.6 is 15.9 Å². The van der Waals surface area contributed by atoms with Crippen molar-refractivity contribution in [3.63, 3.8) is 0 Å². The summed E-state index contributed by atoms with van der Waals surface area (Å²) in [5, 5.41) is 0. The Morgan fingerprint density at radius 2 is 2.11 bits per heavy atom. The zero-order valence-electron chi connectivity index (χ0n) is 9.71. The number of nitrogens with zero attached hydrogens (tertiary/aromatic N) is 1. The number of nitrogens with one attached hydrogen (secondary N) is 1. The number of benzene rings is 1. The smallest absolute Gasteiger partial charge is 0.349 e. The highest BCUT2D eigenvalue weighted by atomic mass is 79.9. The second kappa shape index (κ2) is 5.34. The van der Waals surface area contributed by atoms with Crippen LogP contribution in [0.5, 0.6) is 0 Å². The summed E-state index contributed by atoms with van der Waals surface area (Å²) in [5.41, 5.74) is 5.64. The van der Waals surface area contributed by atoms with E-state index in [1.165, 1.54) is 6.07 Å². The largest absolute Gasteiger partial charge is 0.416 e. The number of halogens is 4. The van der Waals surface area contributed by atoms with Crippen LogP contribution in [0.3, 0.4) is 0 Å². The predicted molar refractivity (Wildman–Crippen MR) is 68.4 cm³/mol. The molecule has 0 radical (unpaired) electrons. The molecular weight excluding hydrogens is 323 g/mol.